The summed E-state index contributed by atoms with van der Waals surface area (Å²) in [5, 5.41) is 0. The van der Waals surface area contributed by atoms with E-state index in [1.165, 1.54) is 0 Å². The zero-order chi connectivity index (χ0) is 11.6. The lowest BCUT2D eigenvalue weighted by atomic mass is 10.2. The minimum Gasteiger partial charge on any atom is -0.443 e. The van der Waals surface area contributed by atoms with Gasteiger partial charge in [0.25, 0.3) is 11.3 Å². The van der Waals surface area contributed by atoms with Crippen molar-refractivity contribution in [3.8, 4) is 0 Å². The first-order valence-electron chi connectivity index (χ1n) is 4.48. The molecule has 1 aliphatic heterocycles. The van der Waals surface area contributed by atoms with Crippen LogP contribution in [0.25, 0.3) is 0 Å². The van der Waals surface area contributed by atoms with E-state index in [0.717, 1.165) is 4.31 Å². The molecule has 2 atom stereocenters. The number of rotatable bonds is 1. The Morgan fingerprint density at radius 2 is 2.27 bits per heavy atom. The van der Waals surface area contributed by atoms with Crippen LogP contribution in [0.3, 0.4) is 0 Å². The molecule has 1 fully saturated rings. The minimum absolute atomic E-state index is 0.0671. The molecule has 0 radical (unpaired) electrons. The van der Waals surface area contributed by atoms with Gasteiger partial charge in [-0.1, -0.05) is 0 Å². The summed E-state index contributed by atoms with van der Waals surface area (Å²) in [4.78, 5) is 11.5. The number of carbonyl (C=O) groups excluding carboxylic acids is 1. The number of hydrogen-bond donors (Lipinski definition) is 0. The summed E-state index contributed by atoms with van der Waals surface area (Å²) in [7, 11) is 0. The van der Waals surface area contributed by atoms with Crippen LogP contribution >= 0.6 is 0 Å². The molecule has 0 saturated carbocycles. The van der Waals surface area contributed by atoms with Gasteiger partial charge in [-0.3, -0.25) is 4.18 Å². The zero-order valence-corrected chi connectivity index (χ0v) is 9.67. The highest BCUT2D eigenvalue weighted by molar-refractivity contribution is 7.78. The molecular weight excluding hydrogens is 225 g/mol. The van der Waals surface area contributed by atoms with Gasteiger partial charge in [-0.15, -0.1) is 0 Å². The molecule has 15 heavy (non-hydrogen) atoms. The Labute approximate surface area is 90.3 Å². The predicted molar refractivity (Wildman–Crippen MR) is 51.9 cm³/mol. The third kappa shape index (κ3) is 3.13. The van der Waals surface area contributed by atoms with Crippen LogP contribution in [0, 0.1) is 0 Å². The summed E-state index contributed by atoms with van der Waals surface area (Å²) in [6, 6.07) is -0.819. The van der Waals surface area contributed by atoms with E-state index in [2.05, 4.69) is 4.18 Å². The fourth-order valence-corrected chi connectivity index (χ4v) is 1.91. The van der Waals surface area contributed by atoms with Crippen molar-refractivity contribution >= 4 is 17.4 Å². The molecule has 0 spiro atoms. The van der Waals surface area contributed by atoms with Crippen LogP contribution in [-0.2, 0) is 20.2 Å². The van der Waals surface area contributed by atoms with Gasteiger partial charge in [0.1, 0.15) is 18.3 Å². The smallest absolute Gasteiger partial charge is 0.424 e. The summed E-state index contributed by atoms with van der Waals surface area (Å²) < 4.78 is 34.1. The number of ether oxygens (including phenoxy) is 1. The molecular formula is C8H14FNO4S. The van der Waals surface area contributed by atoms with E-state index in [1.54, 1.807) is 20.8 Å². The molecule has 0 aromatic rings. The van der Waals surface area contributed by atoms with Gasteiger partial charge in [-0.05, 0) is 20.8 Å². The predicted octanol–water partition coefficient (Wildman–Crippen LogP) is 1.17. The Bertz CT molecular complexity index is 278. The number of halogens is 1. The van der Waals surface area contributed by atoms with Gasteiger partial charge in [0.2, 0.25) is 0 Å². The highest BCUT2D eigenvalue weighted by atomic mass is 32.2. The van der Waals surface area contributed by atoms with Crippen LogP contribution in [0.1, 0.15) is 20.8 Å². The molecule has 0 N–H and O–H groups in total. The molecule has 1 unspecified atom stereocenters. The maximum absolute atomic E-state index is 12.5. The molecule has 1 saturated heterocycles. The Morgan fingerprint density at radius 3 is 2.73 bits per heavy atom. The van der Waals surface area contributed by atoms with Crippen molar-refractivity contribution in [3.63, 3.8) is 0 Å². The number of hydrogen-bond acceptors (Lipinski definition) is 4. The lowest BCUT2D eigenvalue weighted by molar-refractivity contribution is 0.0349. The van der Waals surface area contributed by atoms with Crippen molar-refractivity contribution in [2.24, 2.45) is 0 Å². The molecule has 7 heteroatoms. The number of alkyl halides is 1. The molecule has 0 bridgehead atoms. The molecule has 88 valence electrons. The van der Waals surface area contributed by atoms with E-state index >= 15 is 0 Å². The second-order valence-corrected chi connectivity index (χ2v) is 5.18. The Morgan fingerprint density at radius 1 is 1.67 bits per heavy atom. The van der Waals surface area contributed by atoms with E-state index in [9.17, 15) is 13.4 Å². The third-order valence-electron chi connectivity index (χ3n) is 1.61. The number of carbonyl (C=O) groups is 1. The second kappa shape index (κ2) is 4.44. The number of nitrogens with zero attached hydrogens (tertiary/aromatic N) is 1. The number of amides is 1. The Kier molecular flexibility index (Phi) is 3.67. The summed E-state index contributed by atoms with van der Waals surface area (Å²) in [5.74, 6) is 0. The van der Waals surface area contributed by atoms with E-state index in [4.69, 9.17) is 4.74 Å². The van der Waals surface area contributed by atoms with E-state index < -0.39 is 35.7 Å². The second-order valence-electron chi connectivity index (χ2n) is 4.12. The molecule has 0 aromatic heterocycles. The van der Waals surface area contributed by atoms with Gasteiger partial charge in [0.05, 0.1) is 6.61 Å². The normalized spacial score (nSPS) is 26.8. The SMILES string of the molecule is CC(C)(C)OC(=O)N1[C@@H](CF)COS1=O. The molecule has 0 aliphatic carbocycles. The summed E-state index contributed by atoms with van der Waals surface area (Å²) in [6.45, 7) is 4.16. The van der Waals surface area contributed by atoms with E-state index in [0.29, 0.717) is 0 Å². The molecule has 1 rings (SSSR count). The maximum atomic E-state index is 12.5. The van der Waals surface area contributed by atoms with Crippen LogP contribution in [-0.4, -0.2) is 39.5 Å². The first-order valence-corrected chi connectivity index (χ1v) is 5.51. The molecule has 0 aromatic carbocycles. The van der Waals surface area contributed by atoms with Gasteiger partial charge >= 0.3 is 6.09 Å². The van der Waals surface area contributed by atoms with Gasteiger partial charge in [-0.25, -0.2) is 13.4 Å². The maximum Gasteiger partial charge on any atom is 0.424 e. The van der Waals surface area contributed by atoms with Crippen LogP contribution in [0.15, 0.2) is 0 Å². The average molecular weight is 239 g/mol. The van der Waals surface area contributed by atoms with Crippen molar-refractivity contribution in [1.82, 2.24) is 4.31 Å². The zero-order valence-electron chi connectivity index (χ0n) is 8.86. The fraction of sp³-hybridized carbons (Fsp3) is 0.875. The van der Waals surface area contributed by atoms with Crippen LogP contribution in [0.5, 0.6) is 0 Å². The van der Waals surface area contributed by atoms with Gasteiger partial charge in [0.15, 0.2) is 0 Å². The molecule has 1 aliphatic rings. The van der Waals surface area contributed by atoms with Crippen molar-refractivity contribution in [2.75, 3.05) is 13.3 Å². The minimum atomic E-state index is -1.94. The first-order chi connectivity index (χ1) is 6.85. The summed E-state index contributed by atoms with van der Waals surface area (Å²) in [5.41, 5.74) is -0.704. The standard InChI is InChI=1S/C8H14FNO4S/c1-8(2,3)14-7(11)10-6(4-9)5-13-15(10)12/h6H,4-5H2,1-3H3/t6-,15?/m0/s1. The average Bonchev–Trinajstić information content (AvgIpc) is 2.43. The third-order valence-corrected chi connectivity index (χ3v) is 2.71. The molecule has 5 nitrogen and oxygen atoms in total. The topological polar surface area (TPSA) is 55.8 Å². The largest absolute Gasteiger partial charge is 0.443 e. The van der Waals surface area contributed by atoms with E-state index in [-0.39, 0.29) is 6.61 Å². The Balaban J connectivity index is 2.69. The van der Waals surface area contributed by atoms with Crippen LogP contribution in [0.2, 0.25) is 0 Å². The van der Waals surface area contributed by atoms with Crippen LogP contribution < -0.4 is 0 Å². The van der Waals surface area contributed by atoms with Gasteiger partial charge in [-0.2, -0.15) is 4.31 Å². The van der Waals surface area contributed by atoms with Crippen LogP contribution in [0.4, 0.5) is 9.18 Å². The van der Waals surface area contributed by atoms with E-state index in [1.807, 2.05) is 0 Å². The Hall–Kier alpha value is -0.690. The highest BCUT2D eigenvalue weighted by Crippen LogP contribution is 2.19. The highest BCUT2D eigenvalue weighted by Gasteiger charge is 2.39. The lowest BCUT2D eigenvalue weighted by Crippen LogP contribution is -2.41. The molecule has 1 heterocycles. The van der Waals surface area contributed by atoms with Crippen molar-refractivity contribution in [3.05, 3.63) is 0 Å². The fourth-order valence-electron chi connectivity index (χ4n) is 1.01. The van der Waals surface area contributed by atoms with Gasteiger partial charge < -0.3 is 4.74 Å². The summed E-state index contributed by atoms with van der Waals surface area (Å²) in [6.07, 6.45) is -0.819. The summed E-state index contributed by atoms with van der Waals surface area (Å²) >= 11 is -1.94. The van der Waals surface area contributed by atoms with Crippen molar-refractivity contribution < 1.29 is 22.3 Å². The first kappa shape index (κ1) is 12.4. The van der Waals surface area contributed by atoms with Gasteiger partial charge in [0, 0.05) is 0 Å². The van der Waals surface area contributed by atoms with Crippen molar-refractivity contribution in [1.29, 1.82) is 0 Å². The quantitative estimate of drug-likeness (QED) is 0.689. The molecule has 1 amide bonds. The lowest BCUT2D eigenvalue weighted by Gasteiger charge is -2.24. The van der Waals surface area contributed by atoms with Crippen molar-refractivity contribution in [2.45, 2.75) is 32.4 Å². The monoisotopic (exact) mass is 239 g/mol.